The summed E-state index contributed by atoms with van der Waals surface area (Å²) in [5.41, 5.74) is 2.89. The molecule has 4 rings (SSSR count). The largest absolute Gasteiger partial charge is 0.293 e. The Balaban J connectivity index is 1.69. The van der Waals surface area contributed by atoms with E-state index in [1.54, 1.807) is 34.9 Å². The van der Waals surface area contributed by atoms with Crippen molar-refractivity contribution in [1.29, 1.82) is 0 Å². The first-order valence-electron chi connectivity index (χ1n) is 9.22. The summed E-state index contributed by atoms with van der Waals surface area (Å²) in [6, 6.07) is 21.5. The number of halogens is 2. The van der Waals surface area contributed by atoms with Crippen LogP contribution in [0.4, 0.5) is 4.39 Å². The highest BCUT2D eigenvalue weighted by Crippen LogP contribution is 2.29. The molecule has 0 aliphatic rings. The van der Waals surface area contributed by atoms with Crippen LogP contribution in [0.15, 0.2) is 82.4 Å². The quantitative estimate of drug-likeness (QED) is 0.246. The molecule has 0 saturated heterocycles. The van der Waals surface area contributed by atoms with Crippen molar-refractivity contribution < 1.29 is 9.18 Å². The van der Waals surface area contributed by atoms with Gasteiger partial charge in [0.05, 0.1) is 11.4 Å². The van der Waals surface area contributed by atoms with Gasteiger partial charge in [0.15, 0.2) is 16.8 Å². The van der Waals surface area contributed by atoms with Gasteiger partial charge in [-0.25, -0.2) is 4.39 Å². The van der Waals surface area contributed by atoms with Crippen LogP contribution in [0.3, 0.4) is 0 Å². The predicted octanol–water partition coefficient (Wildman–Crippen LogP) is 6.12. The van der Waals surface area contributed by atoms with Gasteiger partial charge in [0, 0.05) is 15.6 Å². The molecule has 0 radical (unpaired) electrons. The highest BCUT2D eigenvalue weighted by Gasteiger charge is 2.19. The Hall–Kier alpha value is -2.77. The summed E-state index contributed by atoms with van der Waals surface area (Å²) >= 11 is 4.61. The molecule has 1 aromatic heterocycles. The molecule has 0 fully saturated rings. The lowest BCUT2D eigenvalue weighted by molar-refractivity contribution is 0.102. The van der Waals surface area contributed by atoms with E-state index in [0.717, 1.165) is 15.6 Å². The van der Waals surface area contributed by atoms with Gasteiger partial charge in [-0.1, -0.05) is 81.8 Å². The first-order chi connectivity index (χ1) is 14.5. The average molecular weight is 482 g/mol. The van der Waals surface area contributed by atoms with Crippen LogP contribution in [0.5, 0.6) is 0 Å². The van der Waals surface area contributed by atoms with Crippen molar-refractivity contribution in [2.45, 2.75) is 12.1 Å². The topological polar surface area (TPSA) is 47.8 Å². The molecule has 150 valence electrons. The van der Waals surface area contributed by atoms with Gasteiger partial charge in [-0.15, -0.1) is 10.2 Å². The average Bonchev–Trinajstić information content (AvgIpc) is 3.17. The van der Waals surface area contributed by atoms with E-state index in [-0.39, 0.29) is 17.4 Å². The summed E-state index contributed by atoms with van der Waals surface area (Å²) in [6.07, 6.45) is 0. The molecule has 0 bridgehead atoms. The van der Waals surface area contributed by atoms with E-state index >= 15 is 0 Å². The summed E-state index contributed by atoms with van der Waals surface area (Å²) < 4.78 is 17.2. The number of aryl methyl sites for hydroxylation is 1. The Morgan fingerprint density at radius 3 is 2.40 bits per heavy atom. The Bertz CT molecular complexity index is 1190. The number of rotatable bonds is 6. The molecule has 0 aliphatic carbocycles. The van der Waals surface area contributed by atoms with Gasteiger partial charge in [-0.3, -0.25) is 9.36 Å². The fourth-order valence-corrected chi connectivity index (χ4v) is 4.06. The molecule has 0 amide bonds. The maximum absolute atomic E-state index is 14.6. The van der Waals surface area contributed by atoms with Crippen LogP contribution in [-0.4, -0.2) is 26.3 Å². The van der Waals surface area contributed by atoms with Crippen molar-refractivity contribution in [2.75, 3.05) is 5.75 Å². The molecule has 3 aromatic carbocycles. The third-order valence-electron chi connectivity index (χ3n) is 4.54. The van der Waals surface area contributed by atoms with Crippen molar-refractivity contribution in [1.82, 2.24) is 14.8 Å². The van der Waals surface area contributed by atoms with Gasteiger partial charge < -0.3 is 0 Å². The van der Waals surface area contributed by atoms with E-state index in [1.165, 1.54) is 17.8 Å². The van der Waals surface area contributed by atoms with Crippen LogP contribution in [-0.2, 0) is 0 Å². The normalized spacial score (nSPS) is 10.9. The summed E-state index contributed by atoms with van der Waals surface area (Å²) in [7, 11) is 0. The number of Topliss-reactive ketones (excluding diaryl/α,β-unsaturated/α-hetero) is 1. The molecular weight excluding hydrogens is 465 g/mol. The van der Waals surface area contributed by atoms with E-state index < -0.39 is 0 Å². The molecule has 0 unspecified atom stereocenters. The maximum atomic E-state index is 14.6. The third kappa shape index (κ3) is 4.37. The van der Waals surface area contributed by atoms with Gasteiger partial charge in [0.2, 0.25) is 0 Å². The van der Waals surface area contributed by atoms with Gasteiger partial charge in [-0.05, 0) is 31.2 Å². The molecule has 0 spiro atoms. The molecule has 0 aliphatic heterocycles. The van der Waals surface area contributed by atoms with Crippen LogP contribution < -0.4 is 0 Å². The Labute approximate surface area is 186 Å². The number of benzene rings is 3. The second-order valence-corrected chi connectivity index (χ2v) is 8.54. The van der Waals surface area contributed by atoms with Crippen molar-refractivity contribution in [3.8, 4) is 17.1 Å². The Morgan fingerprint density at radius 2 is 1.70 bits per heavy atom. The molecule has 30 heavy (non-hydrogen) atoms. The molecular formula is C23H17BrFN3OS. The minimum atomic E-state index is -0.383. The van der Waals surface area contributed by atoms with E-state index in [1.807, 2.05) is 43.3 Å². The minimum absolute atomic E-state index is 0.0348. The highest BCUT2D eigenvalue weighted by atomic mass is 79.9. The van der Waals surface area contributed by atoms with E-state index in [2.05, 4.69) is 26.1 Å². The number of aromatic nitrogens is 3. The van der Waals surface area contributed by atoms with Crippen LogP contribution in [0.25, 0.3) is 17.1 Å². The predicted molar refractivity (Wildman–Crippen MR) is 121 cm³/mol. The van der Waals surface area contributed by atoms with Crippen molar-refractivity contribution in [2.24, 2.45) is 0 Å². The lowest BCUT2D eigenvalue weighted by Gasteiger charge is -2.11. The van der Waals surface area contributed by atoms with Gasteiger partial charge >= 0.3 is 0 Å². The minimum Gasteiger partial charge on any atom is -0.293 e. The van der Waals surface area contributed by atoms with Crippen molar-refractivity contribution in [3.05, 3.63) is 94.2 Å². The summed E-state index contributed by atoms with van der Waals surface area (Å²) in [5.74, 6) is 0.278. The van der Waals surface area contributed by atoms with Crippen LogP contribution >= 0.6 is 27.7 Å². The van der Waals surface area contributed by atoms with E-state index in [9.17, 15) is 9.18 Å². The van der Waals surface area contributed by atoms with E-state index in [4.69, 9.17) is 0 Å². The second kappa shape index (κ2) is 8.93. The fourth-order valence-electron chi connectivity index (χ4n) is 2.95. The number of hydrogen-bond donors (Lipinski definition) is 0. The molecule has 4 nitrogen and oxygen atoms in total. The monoisotopic (exact) mass is 481 g/mol. The zero-order valence-corrected chi connectivity index (χ0v) is 18.5. The first kappa shape index (κ1) is 20.5. The third-order valence-corrected chi connectivity index (χ3v) is 5.99. The zero-order chi connectivity index (χ0) is 21.1. The molecule has 0 N–H and O–H groups in total. The maximum Gasteiger partial charge on any atom is 0.196 e. The second-order valence-electron chi connectivity index (χ2n) is 6.68. The van der Waals surface area contributed by atoms with Crippen LogP contribution in [0.1, 0.15) is 15.9 Å². The van der Waals surface area contributed by atoms with Gasteiger partial charge in [0.25, 0.3) is 0 Å². The molecule has 0 atom stereocenters. The van der Waals surface area contributed by atoms with E-state index in [0.29, 0.717) is 22.2 Å². The lowest BCUT2D eigenvalue weighted by Crippen LogP contribution is -2.06. The number of ketones is 1. The SMILES string of the molecule is Cc1ccc(-c2nnc(SCC(=O)c3ccc(Br)cc3)n2-c2ccccc2F)cc1. The van der Waals surface area contributed by atoms with Crippen LogP contribution in [0.2, 0.25) is 0 Å². The van der Waals surface area contributed by atoms with Gasteiger partial charge in [0.1, 0.15) is 5.82 Å². The fraction of sp³-hybridized carbons (Fsp3) is 0.0870. The summed E-state index contributed by atoms with van der Waals surface area (Å²) in [4.78, 5) is 12.6. The lowest BCUT2D eigenvalue weighted by atomic mass is 10.1. The molecule has 0 saturated carbocycles. The number of thioether (sulfide) groups is 1. The first-order valence-corrected chi connectivity index (χ1v) is 11.0. The van der Waals surface area contributed by atoms with Gasteiger partial charge in [-0.2, -0.15) is 0 Å². The standard InChI is InChI=1S/C23H17BrFN3OS/c1-15-6-8-17(9-7-15)22-26-27-23(28(22)20-5-3-2-4-19(20)25)30-14-21(29)16-10-12-18(24)13-11-16/h2-13H,14H2,1H3. The molecule has 1 heterocycles. The summed E-state index contributed by atoms with van der Waals surface area (Å²) in [5, 5.41) is 9.02. The number of carbonyl (C=O) groups excluding carboxylic acids is 1. The number of hydrogen-bond acceptors (Lipinski definition) is 4. The summed E-state index contributed by atoms with van der Waals surface area (Å²) in [6.45, 7) is 2.00. The molecule has 4 aromatic rings. The van der Waals surface area contributed by atoms with Crippen molar-refractivity contribution in [3.63, 3.8) is 0 Å². The highest BCUT2D eigenvalue weighted by molar-refractivity contribution is 9.10. The number of nitrogens with zero attached hydrogens (tertiary/aromatic N) is 3. The number of para-hydroxylation sites is 1. The molecule has 7 heteroatoms. The Kier molecular flexibility index (Phi) is 6.11. The van der Waals surface area contributed by atoms with Crippen LogP contribution in [0, 0.1) is 12.7 Å². The van der Waals surface area contributed by atoms with Crippen molar-refractivity contribution >= 4 is 33.5 Å². The smallest absolute Gasteiger partial charge is 0.196 e. The zero-order valence-electron chi connectivity index (χ0n) is 16.0. The number of carbonyl (C=O) groups is 1. The Morgan fingerprint density at radius 1 is 1.00 bits per heavy atom.